The topological polar surface area (TPSA) is 63.8 Å². The van der Waals surface area contributed by atoms with Gasteiger partial charge >= 0.3 is 0 Å². The van der Waals surface area contributed by atoms with Crippen LogP contribution in [-0.2, 0) is 0 Å². The molecule has 0 saturated heterocycles. The fourth-order valence-electron chi connectivity index (χ4n) is 1.64. The Balaban J connectivity index is 2.46. The third-order valence-corrected chi connectivity index (χ3v) is 3.62. The minimum absolute atomic E-state index is 0.673. The van der Waals surface area contributed by atoms with E-state index in [1.807, 2.05) is 26.0 Å². The number of rotatable bonds is 3. The lowest BCUT2D eigenvalue weighted by Gasteiger charge is -2.09. The van der Waals surface area contributed by atoms with Gasteiger partial charge in [0, 0.05) is 21.7 Å². The largest absolute Gasteiger partial charge is 0.308 e. The Morgan fingerprint density at radius 1 is 1.11 bits per heavy atom. The summed E-state index contributed by atoms with van der Waals surface area (Å²) < 4.78 is 0. The number of hydrogen-bond acceptors (Lipinski definition) is 5. The maximum atomic E-state index is 5.47. The van der Waals surface area contributed by atoms with Crippen molar-refractivity contribution in [3.63, 3.8) is 0 Å². The number of aromatic nitrogens is 2. The van der Waals surface area contributed by atoms with E-state index in [0.29, 0.717) is 11.6 Å². The Morgan fingerprint density at radius 2 is 1.78 bits per heavy atom. The number of nitrogen functional groups attached to an aromatic ring is 1. The second kappa shape index (κ2) is 5.37. The van der Waals surface area contributed by atoms with E-state index >= 15 is 0 Å². The summed E-state index contributed by atoms with van der Waals surface area (Å²) in [5.74, 6) is 6.83. The van der Waals surface area contributed by atoms with E-state index in [1.165, 1.54) is 4.90 Å². The molecular formula is C13H16N4S. The van der Waals surface area contributed by atoms with E-state index in [1.54, 1.807) is 11.8 Å². The van der Waals surface area contributed by atoms with Gasteiger partial charge in [-0.2, -0.15) is 0 Å². The Bertz CT molecular complexity index is 552. The number of hydrazine groups is 1. The summed E-state index contributed by atoms with van der Waals surface area (Å²) in [5.41, 5.74) is 5.51. The van der Waals surface area contributed by atoms with Crippen LogP contribution in [0.3, 0.4) is 0 Å². The van der Waals surface area contributed by atoms with Gasteiger partial charge in [-0.3, -0.25) is 0 Å². The fraction of sp³-hybridized carbons (Fsp3) is 0.231. The van der Waals surface area contributed by atoms with Gasteiger partial charge in [0.15, 0.2) is 5.82 Å². The Hall–Kier alpha value is -1.59. The highest BCUT2D eigenvalue weighted by Crippen LogP contribution is 2.23. The van der Waals surface area contributed by atoms with Crippen LogP contribution in [0, 0.1) is 13.8 Å². The van der Waals surface area contributed by atoms with Gasteiger partial charge in [0.2, 0.25) is 0 Å². The average molecular weight is 260 g/mol. The van der Waals surface area contributed by atoms with Crippen molar-refractivity contribution < 1.29 is 0 Å². The van der Waals surface area contributed by atoms with Gasteiger partial charge in [-0.1, -0.05) is 12.1 Å². The zero-order valence-electron chi connectivity index (χ0n) is 10.7. The molecule has 2 rings (SSSR count). The molecule has 5 heteroatoms. The SMILES string of the molecule is CSc1ccc(-c2nc(C)c(C)c(NN)n2)cc1. The molecule has 0 spiro atoms. The van der Waals surface area contributed by atoms with Gasteiger partial charge in [-0.25, -0.2) is 15.8 Å². The molecule has 0 amide bonds. The summed E-state index contributed by atoms with van der Waals surface area (Å²) in [6, 6.07) is 8.18. The van der Waals surface area contributed by atoms with Crippen LogP contribution < -0.4 is 11.3 Å². The fourth-order valence-corrected chi connectivity index (χ4v) is 2.05. The molecule has 0 atom stereocenters. The third-order valence-electron chi connectivity index (χ3n) is 2.87. The van der Waals surface area contributed by atoms with Crippen molar-refractivity contribution in [2.75, 3.05) is 11.7 Å². The summed E-state index contributed by atoms with van der Waals surface area (Å²) >= 11 is 1.71. The molecule has 0 unspecified atom stereocenters. The lowest BCUT2D eigenvalue weighted by Crippen LogP contribution is -2.12. The highest BCUT2D eigenvalue weighted by molar-refractivity contribution is 7.98. The molecule has 0 bridgehead atoms. The van der Waals surface area contributed by atoms with Crippen LogP contribution in [0.25, 0.3) is 11.4 Å². The molecule has 1 heterocycles. The van der Waals surface area contributed by atoms with Crippen LogP contribution in [-0.4, -0.2) is 16.2 Å². The van der Waals surface area contributed by atoms with Crippen molar-refractivity contribution in [3.05, 3.63) is 35.5 Å². The van der Waals surface area contributed by atoms with Crippen molar-refractivity contribution in [2.24, 2.45) is 5.84 Å². The van der Waals surface area contributed by atoms with E-state index < -0.39 is 0 Å². The average Bonchev–Trinajstić information content (AvgIpc) is 2.42. The Kier molecular flexibility index (Phi) is 3.84. The zero-order chi connectivity index (χ0) is 13.1. The monoisotopic (exact) mass is 260 g/mol. The minimum Gasteiger partial charge on any atom is -0.308 e. The number of benzene rings is 1. The number of anilines is 1. The summed E-state index contributed by atoms with van der Waals surface area (Å²) in [7, 11) is 0. The van der Waals surface area contributed by atoms with Crippen LogP contribution in [0.15, 0.2) is 29.2 Å². The first-order chi connectivity index (χ1) is 8.65. The third kappa shape index (κ3) is 2.47. The van der Waals surface area contributed by atoms with E-state index in [0.717, 1.165) is 16.8 Å². The summed E-state index contributed by atoms with van der Waals surface area (Å²) in [6.07, 6.45) is 2.05. The number of nitrogens with zero attached hydrogens (tertiary/aromatic N) is 2. The normalized spacial score (nSPS) is 10.4. The van der Waals surface area contributed by atoms with E-state index in [-0.39, 0.29) is 0 Å². The second-order valence-electron chi connectivity index (χ2n) is 3.98. The lowest BCUT2D eigenvalue weighted by atomic mass is 10.2. The van der Waals surface area contributed by atoms with Crippen LogP contribution in [0.4, 0.5) is 5.82 Å². The molecule has 0 saturated carbocycles. The van der Waals surface area contributed by atoms with E-state index in [2.05, 4.69) is 33.8 Å². The zero-order valence-corrected chi connectivity index (χ0v) is 11.5. The Morgan fingerprint density at radius 3 is 2.33 bits per heavy atom. The molecule has 3 N–H and O–H groups in total. The molecule has 1 aromatic carbocycles. The van der Waals surface area contributed by atoms with Crippen LogP contribution >= 0.6 is 11.8 Å². The predicted molar refractivity (Wildman–Crippen MR) is 76.5 cm³/mol. The van der Waals surface area contributed by atoms with Gasteiger partial charge in [0.05, 0.1) is 0 Å². The number of nitrogens with two attached hydrogens (primary N) is 1. The summed E-state index contributed by atoms with van der Waals surface area (Å²) in [5, 5.41) is 0. The van der Waals surface area contributed by atoms with Crippen molar-refractivity contribution in [1.29, 1.82) is 0 Å². The molecule has 0 aliphatic rings. The Labute approximate surface area is 111 Å². The van der Waals surface area contributed by atoms with Gasteiger partial charge in [-0.05, 0) is 32.2 Å². The summed E-state index contributed by atoms with van der Waals surface area (Å²) in [6.45, 7) is 3.91. The van der Waals surface area contributed by atoms with Crippen molar-refractivity contribution in [2.45, 2.75) is 18.7 Å². The second-order valence-corrected chi connectivity index (χ2v) is 4.86. The molecule has 1 aromatic heterocycles. The first kappa shape index (κ1) is 12.9. The smallest absolute Gasteiger partial charge is 0.161 e. The van der Waals surface area contributed by atoms with Crippen LogP contribution in [0.5, 0.6) is 0 Å². The van der Waals surface area contributed by atoms with Crippen LogP contribution in [0.2, 0.25) is 0 Å². The molecular weight excluding hydrogens is 244 g/mol. The number of aryl methyl sites for hydroxylation is 1. The van der Waals surface area contributed by atoms with Crippen molar-refractivity contribution >= 4 is 17.6 Å². The van der Waals surface area contributed by atoms with Gasteiger partial charge < -0.3 is 5.43 Å². The van der Waals surface area contributed by atoms with E-state index in [4.69, 9.17) is 5.84 Å². The molecule has 0 radical (unpaired) electrons. The molecule has 0 aliphatic carbocycles. The van der Waals surface area contributed by atoms with E-state index in [9.17, 15) is 0 Å². The molecule has 0 aliphatic heterocycles. The van der Waals surface area contributed by atoms with Gasteiger partial charge in [-0.15, -0.1) is 11.8 Å². The van der Waals surface area contributed by atoms with Gasteiger partial charge in [0.25, 0.3) is 0 Å². The number of hydrogen-bond donors (Lipinski definition) is 2. The standard InChI is InChI=1S/C13H16N4S/c1-8-9(2)15-13(16-12(8)17-14)10-4-6-11(18-3)7-5-10/h4-7H,14H2,1-3H3,(H,15,16,17). The predicted octanol–water partition coefficient (Wildman–Crippen LogP) is 2.77. The first-order valence-corrected chi connectivity index (χ1v) is 6.84. The molecule has 0 fully saturated rings. The van der Waals surface area contributed by atoms with Gasteiger partial charge in [0.1, 0.15) is 5.82 Å². The van der Waals surface area contributed by atoms with Crippen LogP contribution in [0.1, 0.15) is 11.3 Å². The summed E-state index contributed by atoms with van der Waals surface area (Å²) in [4.78, 5) is 10.1. The molecule has 94 valence electrons. The van der Waals surface area contributed by atoms with Crippen molar-refractivity contribution in [1.82, 2.24) is 9.97 Å². The lowest BCUT2D eigenvalue weighted by molar-refractivity contribution is 1.06. The number of nitrogens with one attached hydrogen (secondary N) is 1. The van der Waals surface area contributed by atoms with Crippen molar-refractivity contribution in [3.8, 4) is 11.4 Å². The number of thioether (sulfide) groups is 1. The highest BCUT2D eigenvalue weighted by atomic mass is 32.2. The molecule has 4 nitrogen and oxygen atoms in total. The first-order valence-electron chi connectivity index (χ1n) is 5.62. The molecule has 2 aromatic rings. The molecule has 18 heavy (non-hydrogen) atoms. The quantitative estimate of drug-likeness (QED) is 0.505. The highest BCUT2D eigenvalue weighted by Gasteiger charge is 2.08. The maximum absolute atomic E-state index is 5.47. The maximum Gasteiger partial charge on any atom is 0.161 e. The minimum atomic E-state index is 0.673.